The number of ether oxygens (including phenoxy) is 1. The number of aryl methyl sites for hydroxylation is 3. The lowest BCUT2D eigenvalue weighted by Crippen LogP contribution is -2.06. The summed E-state index contributed by atoms with van der Waals surface area (Å²) in [5.74, 6) is 1.15. The van der Waals surface area contributed by atoms with Gasteiger partial charge in [-0.1, -0.05) is 17.7 Å². The molecule has 0 unspecified atom stereocenters. The Morgan fingerprint density at radius 1 is 1.06 bits per heavy atom. The summed E-state index contributed by atoms with van der Waals surface area (Å²) < 4.78 is 10.2. The third-order valence-corrected chi connectivity index (χ3v) is 6.78. The van der Waals surface area contributed by atoms with Gasteiger partial charge in [0, 0.05) is 17.3 Å². The molecule has 0 bridgehead atoms. The Hall–Kier alpha value is -3.56. The van der Waals surface area contributed by atoms with Crippen LogP contribution in [-0.4, -0.2) is 34.3 Å². The molecule has 164 valence electrons. The van der Waals surface area contributed by atoms with Gasteiger partial charge in [-0.25, -0.2) is 24.1 Å². The van der Waals surface area contributed by atoms with Gasteiger partial charge in [-0.3, -0.25) is 0 Å². The molecular weight excluding hydrogens is 458 g/mol. The van der Waals surface area contributed by atoms with Gasteiger partial charge in [0.05, 0.1) is 10.5 Å². The smallest absolute Gasteiger partial charge is 0.202 e. The van der Waals surface area contributed by atoms with Crippen molar-refractivity contribution in [2.75, 3.05) is 0 Å². The van der Waals surface area contributed by atoms with Crippen LogP contribution in [0, 0.1) is 20.8 Å². The van der Waals surface area contributed by atoms with Gasteiger partial charge in [-0.2, -0.15) is 5.10 Å². The molecule has 0 saturated heterocycles. The van der Waals surface area contributed by atoms with E-state index in [1.54, 1.807) is 26.9 Å². The predicted molar refractivity (Wildman–Crippen MR) is 129 cm³/mol. The Kier molecular flexibility index (Phi) is 4.56. The third kappa shape index (κ3) is 3.40. The molecule has 0 aliphatic carbocycles. The molecule has 0 aliphatic heterocycles. The largest absolute Gasteiger partial charge is 0.470 e. The van der Waals surface area contributed by atoms with Crippen molar-refractivity contribution in [2.24, 2.45) is 0 Å². The molecule has 1 aromatic carbocycles. The normalized spacial score (nSPS) is 11.8. The minimum Gasteiger partial charge on any atom is -0.470 e. The Morgan fingerprint density at radius 2 is 1.94 bits per heavy atom. The molecule has 5 heterocycles. The second-order valence-electron chi connectivity index (χ2n) is 7.94. The standard InChI is InChI=1S/C23H18ClN7OS/c1-12-4-5-15(24)17(8-12)32-11-30-7-6-16(28-30)21-27-22-20-19(25-10-31(22)29-21)18-13(2)9-14(3)26-23(18)33-20/h4-10H,11H2,1-3H3. The number of rotatable bonds is 4. The summed E-state index contributed by atoms with van der Waals surface area (Å²) in [6.45, 7) is 6.30. The van der Waals surface area contributed by atoms with Crippen LogP contribution in [0.5, 0.6) is 5.75 Å². The number of hydrogen-bond acceptors (Lipinski definition) is 7. The molecule has 0 amide bonds. The van der Waals surface area contributed by atoms with Crippen LogP contribution in [0.2, 0.25) is 5.02 Å². The van der Waals surface area contributed by atoms with E-state index in [0.717, 1.165) is 42.9 Å². The van der Waals surface area contributed by atoms with Crippen molar-refractivity contribution in [3.05, 3.63) is 64.7 Å². The number of thiophene rings is 1. The van der Waals surface area contributed by atoms with Crippen LogP contribution in [0.4, 0.5) is 0 Å². The van der Waals surface area contributed by atoms with E-state index in [2.05, 4.69) is 33.2 Å². The second kappa shape index (κ2) is 7.50. The zero-order valence-corrected chi connectivity index (χ0v) is 19.6. The molecular formula is C23H18ClN7OS. The number of hydrogen-bond donors (Lipinski definition) is 0. The molecule has 0 spiro atoms. The maximum absolute atomic E-state index is 6.22. The lowest BCUT2D eigenvalue weighted by Gasteiger charge is -2.08. The molecule has 8 nitrogen and oxygen atoms in total. The van der Waals surface area contributed by atoms with Crippen LogP contribution in [0.1, 0.15) is 16.8 Å². The highest BCUT2D eigenvalue weighted by Gasteiger charge is 2.17. The number of nitrogens with zero attached hydrogens (tertiary/aromatic N) is 7. The molecule has 5 aromatic heterocycles. The van der Waals surface area contributed by atoms with Crippen molar-refractivity contribution in [2.45, 2.75) is 27.5 Å². The fourth-order valence-corrected chi connectivity index (χ4v) is 5.28. The number of halogens is 1. The lowest BCUT2D eigenvalue weighted by molar-refractivity contribution is 0.221. The van der Waals surface area contributed by atoms with Crippen LogP contribution < -0.4 is 4.74 Å². The number of aromatic nitrogens is 7. The fourth-order valence-electron chi connectivity index (χ4n) is 3.89. The Morgan fingerprint density at radius 3 is 2.82 bits per heavy atom. The topological polar surface area (TPSA) is 83.0 Å². The molecule has 0 N–H and O–H groups in total. The molecule has 0 fully saturated rings. The monoisotopic (exact) mass is 475 g/mol. The first-order chi connectivity index (χ1) is 16.0. The van der Waals surface area contributed by atoms with E-state index in [9.17, 15) is 0 Å². The van der Waals surface area contributed by atoms with Gasteiger partial charge in [0.2, 0.25) is 5.82 Å². The summed E-state index contributed by atoms with van der Waals surface area (Å²) in [6.07, 6.45) is 3.52. The van der Waals surface area contributed by atoms with Gasteiger partial charge >= 0.3 is 0 Å². The molecule has 0 atom stereocenters. The maximum Gasteiger partial charge on any atom is 0.202 e. The molecule has 0 aliphatic rings. The minimum atomic E-state index is 0.225. The predicted octanol–water partition coefficient (Wildman–Crippen LogP) is 5.37. The quantitative estimate of drug-likeness (QED) is 0.341. The molecule has 6 aromatic rings. The molecule has 33 heavy (non-hydrogen) atoms. The first-order valence-corrected chi connectivity index (χ1v) is 11.5. The van der Waals surface area contributed by atoms with Gasteiger partial charge in [0.1, 0.15) is 27.3 Å². The highest BCUT2D eigenvalue weighted by molar-refractivity contribution is 7.26. The van der Waals surface area contributed by atoms with Crippen molar-refractivity contribution in [1.29, 1.82) is 0 Å². The van der Waals surface area contributed by atoms with Gasteiger partial charge in [0.15, 0.2) is 12.4 Å². The summed E-state index contributed by atoms with van der Waals surface area (Å²) in [4.78, 5) is 15.1. The molecule has 0 radical (unpaired) electrons. The van der Waals surface area contributed by atoms with E-state index >= 15 is 0 Å². The lowest BCUT2D eigenvalue weighted by atomic mass is 10.1. The number of fused-ring (bicyclic) bond motifs is 5. The van der Waals surface area contributed by atoms with E-state index in [1.165, 1.54) is 0 Å². The van der Waals surface area contributed by atoms with E-state index < -0.39 is 0 Å². The first kappa shape index (κ1) is 20.1. The fraction of sp³-hybridized carbons (Fsp3) is 0.174. The van der Waals surface area contributed by atoms with Crippen LogP contribution >= 0.6 is 22.9 Å². The van der Waals surface area contributed by atoms with Gasteiger partial charge in [0.25, 0.3) is 0 Å². The summed E-state index contributed by atoms with van der Waals surface area (Å²) in [5.41, 5.74) is 5.52. The van der Waals surface area contributed by atoms with Crippen molar-refractivity contribution in [3.8, 4) is 17.3 Å². The second-order valence-corrected chi connectivity index (χ2v) is 9.34. The zero-order chi connectivity index (χ0) is 22.7. The van der Waals surface area contributed by atoms with Crippen molar-refractivity contribution < 1.29 is 4.74 Å². The first-order valence-electron chi connectivity index (χ1n) is 10.3. The summed E-state index contributed by atoms with van der Waals surface area (Å²) in [6, 6.07) is 9.60. The van der Waals surface area contributed by atoms with Gasteiger partial charge in [-0.05, 0) is 56.2 Å². The van der Waals surface area contributed by atoms with Gasteiger partial charge < -0.3 is 4.74 Å². The third-order valence-electron chi connectivity index (χ3n) is 5.40. The Bertz CT molecular complexity index is 1680. The number of pyridine rings is 1. The van der Waals surface area contributed by atoms with Crippen molar-refractivity contribution in [1.82, 2.24) is 34.3 Å². The van der Waals surface area contributed by atoms with E-state index in [4.69, 9.17) is 21.3 Å². The van der Waals surface area contributed by atoms with E-state index in [1.807, 2.05) is 44.3 Å². The van der Waals surface area contributed by atoms with Crippen LogP contribution in [-0.2, 0) is 6.73 Å². The summed E-state index contributed by atoms with van der Waals surface area (Å²) in [5, 5.41) is 10.8. The van der Waals surface area contributed by atoms with Crippen LogP contribution in [0.15, 0.2) is 42.9 Å². The van der Waals surface area contributed by atoms with Crippen LogP contribution in [0.3, 0.4) is 0 Å². The highest BCUT2D eigenvalue weighted by Crippen LogP contribution is 2.35. The highest BCUT2D eigenvalue weighted by atomic mass is 35.5. The number of benzene rings is 1. The van der Waals surface area contributed by atoms with E-state index in [0.29, 0.717) is 22.3 Å². The average Bonchev–Trinajstić information content (AvgIpc) is 3.49. The summed E-state index contributed by atoms with van der Waals surface area (Å²) in [7, 11) is 0. The maximum atomic E-state index is 6.22. The minimum absolute atomic E-state index is 0.225. The zero-order valence-electron chi connectivity index (χ0n) is 18.1. The molecule has 0 saturated carbocycles. The van der Waals surface area contributed by atoms with Gasteiger partial charge in [-0.15, -0.1) is 16.4 Å². The molecule has 6 rings (SSSR count). The Balaban J connectivity index is 1.35. The average molecular weight is 476 g/mol. The Labute approximate surface area is 197 Å². The molecule has 10 heteroatoms. The van der Waals surface area contributed by atoms with E-state index in [-0.39, 0.29) is 6.73 Å². The van der Waals surface area contributed by atoms with Crippen molar-refractivity contribution in [3.63, 3.8) is 0 Å². The summed E-state index contributed by atoms with van der Waals surface area (Å²) >= 11 is 7.80. The SMILES string of the molecule is Cc1ccc(Cl)c(OCn2ccc(-c3nc4c5sc6nc(C)cc(C)c6c5ncn4n3)n2)c1. The van der Waals surface area contributed by atoms with Crippen LogP contribution in [0.25, 0.3) is 37.6 Å². The van der Waals surface area contributed by atoms with Crippen molar-refractivity contribution >= 4 is 49.0 Å².